The molecule has 0 atom stereocenters. The molecule has 1 aliphatic rings. The van der Waals surface area contributed by atoms with Crippen LogP contribution in [0, 0.1) is 5.92 Å². The van der Waals surface area contributed by atoms with E-state index in [0.29, 0.717) is 19.0 Å². The fourth-order valence-electron chi connectivity index (χ4n) is 2.26. The molecule has 0 saturated carbocycles. The Hall–Kier alpha value is -1.44. The molecule has 1 aliphatic heterocycles. The van der Waals surface area contributed by atoms with Crippen LogP contribution in [0.5, 0.6) is 0 Å². The lowest BCUT2D eigenvalue weighted by atomic mass is 10.0. The van der Waals surface area contributed by atoms with Gasteiger partial charge in [-0.1, -0.05) is 19.1 Å². The van der Waals surface area contributed by atoms with E-state index in [0.717, 1.165) is 18.4 Å². The minimum atomic E-state index is -3.46. The molecule has 1 saturated heterocycles. The minimum absolute atomic E-state index is 0.161. The molecule has 2 rings (SSSR count). The van der Waals surface area contributed by atoms with E-state index >= 15 is 0 Å². The van der Waals surface area contributed by atoms with Gasteiger partial charge in [0.25, 0.3) is 10.2 Å². The average Bonchev–Trinajstić information content (AvgIpc) is 2.46. The summed E-state index contributed by atoms with van der Waals surface area (Å²) in [6.45, 7) is 3.39. The normalized spacial score (nSPS) is 17.8. The van der Waals surface area contributed by atoms with Crippen molar-refractivity contribution in [1.82, 2.24) is 9.03 Å². The summed E-state index contributed by atoms with van der Waals surface area (Å²) in [5.74, 6) is -0.426. The van der Waals surface area contributed by atoms with E-state index in [4.69, 9.17) is 5.11 Å². The van der Waals surface area contributed by atoms with E-state index in [1.165, 1.54) is 16.4 Å². The Labute approximate surface area is 125 Å². The van der Waals surface area contributed by atoms with Gasteiger partial charge in [0.15, 0.2) is 0 Å². The van der Waals surface area contributed by atoms with Crippen molar-refractivity contribution in [1.29, 1.82) is 0 Å². The molecule has 1 aromatic carbocycles. The number of piperidine rings is 1. The number of carbonyl (C=O) groups is 1. The Morgan fingerprint density at radius 3 is 2.38 bits per heavy atom. The maximum absolute atomic E-state index is 12.2. The fourth-order valence-corrected chi connectivity index (χ4v) is 3.48. The second-order valence-corrected chi connectivity index (χ2v) is 7.17. The third kappa shape index (κ3) is 4.26. The Kier molecular flexibility index (Phi) is 4.97. The summed E-state index contributed by atoms with van der Waals surface area (Å²) >= 11 is 0. The van der Waals surface area contributed by atoms with Crippen molar-refractivity contribution < 1.29 is 18.3 Å². The van der Waals surface area contributed by atoms with Gasteiger partial charge in [0.1, 0.15) is 0 Å². The molecule has 0 spiro atoms. The summed E-state index contributed by atoms with van der Waals surface area (Å²) in [7, 11) is -3.46. The van der Waals surface area contributed by atoms with Gasteiger partial charge in [0, 0.05) is 19.6 Å². The lowest BCUT2D eigenvalue weighted by Crippen LogP contribution is -2.44. The van der Waals surface area contributed by atoms with Crippen LogP contribution in [0.3, 0.4) is 0 Å². The summed E-state index contributed by atoms with van der Waals surface area (Å²) in [6.07, 6.45) is 1.77. The first-order valence-electron chi connectivity index (χ1n) is 6.95. The Morgan fingerprint density at radius 2 is 1.86 bits per heavy atom. The lowest BCUT2D eigenvalue weighted by molar-refractivity contribution is 0.0697. The third-order valence-electron chi connectivity index (χ3n) is 3.74. The smallest absolute Gasteiger partial charge is 0.335 e. The monoisotopic (exact) mass is 312 g/mol. The van der Waals surface area contributed by atoms with Crippen molar-refractivity contribution >= 4 is 16.2 Å². The molecule has 7 heteroatoms. The first-order chi connectivity index (χ1) is 9.88. The Balaban J connectivity index is 1.93. The molecule has 0 aromatic heterocycles. The molecule has 0 aliphatic carbocycles. The highest BCUT2D eigenvalue weighted by atomic mass is 32.2. The van der Waals surface area contributed by atoms with Gasteiger partial charge in [-0.3, -0.25) is 0 Å². The van der Waals surface area contributed by atoms with Crippen molar-refractivity contribution in [3.63, 3.8) is 0 Å². The second kappa shape index (κ2) is 6.55. The molecule has 1 heterocycles. The Bertz CT molecular complexity index is 590. The highest BCUT2D eigenvalue weighted by Crippen LogP contribution is 2.18. The van der Waals surface area contributed by atoms with Gasteiger partial charge in [-0.15, -0.1) is 0 Å². The minimum Gasteiger partial charge on any atom is -0.478 e. The number of nitrogens with zero attached hydrogens (tertiary/aromatic N) is 1. The summed E-state index contributed by atoms with van der Waals surface area (Å²) in [6, 6.07) is 6.16. The van der Waals surface area contributed by atoms with Crippen LogP contribution < -0.4 is 4.72 Å². The van der Waals surface area contributed by atoms with Crippen molar-refractivity contribution in [2.75, 3.05) is 13.1 Å². The highest BCUT2D eigenvalue weighted by molar-refractivity contribution is 7.87. The van der Waals surface area contributed by atoms with Gasteiger partial charge in [0.05, 0.1) is 5.56 Å². The number of hydrogen-bond donors (Lipinski definition) is 2. The number of rotatable bonds is 5. The largest absolute Gasteiger partial charge is 0.478 e. The molecule has 2 N–H and O–H groups in total. The standard InChI is InChI=1S/C14H20N2O4S/c1-11-6-8-16(9-7-11)21(19,20)15-10-12-2-4-13(5-3-12)14(17)18/h2-5,11,15H,6-10H2,1H3,(H,17,18). The molecular weight excluding hydrogens is 292 g/mol. The Morgan fingerprint density at radius 1 is 1.29 bits per heavy atom. The molecule has 6 nitrogen and oxygen atoms in total. The van der Waals surface area contributed by atoms with Crippen molar-refractivity contribution in [2.24, 2.45) is 5.92 Å². The van der Waals surface area contributed by atoms with E-state index in [9.17, 15) is 13.2 Å². The maximum atomic E-state index is 12.2. The molecule has 21 heavy (non-hydrogen) atoms. The van der Waals surface area contributed by atoms with Crippen LogP contribution in [0.1, 0.15) is 35.7 Å². The van der Waals surface area contributed by atoms with Crippen molar-refractivity contribution in [2.45, 2.75) is 26.3 Å². The topological polar surface area (TPSA) is 86.7 Å². The van der Waals surface area contributed by atoms with Gasteiger partial charge in [0.2, 0.25) is 0 Å². The molecule has 0 bridgehead atoms. The first-order valence-corrected chi connectivity index (χ1v) is 8.39. The third-order valence-corrected chi connectivity index (χ3v) is 5.30. The van der Waals surface area contributed by atoms with Crippen LogP contribution in [-0.4, -0.2) is 36.9 Å². The zero-order chi connectivity index (χ0) is 15.5. The SMILES string of the molecule is CC1CCN(S(=O)(=O)NCc2ccc(C(=O)O)cc2)CC1. The van der Waals surface area contributed by atoms with Crippen molar-refractivity contribution in [3.05, 3.63) is 35.4 Å². The van der Waals surface area contributed by atoms with Gasteiger partial charge in [-0.25, -0.2) is 4.79 Å². The predicted octanol–water partition coefficient (Wildman–Crippen LogP) is 1.45. The van der Waals surface area contributed by atoms with Gasteiger partial charge in [-0.05, 0) is 36.5 Å². The number of hydrogen-bond acceptors (Lipinski definition) is 3. The van der Waals surface area contributed by atoms with E-state index in [2.05, 4.69) is 11.6 Å². The van der Waals surface area contributed by atoms with Crippen LogP contribution in [0.2, 0.25) is 0 Å². The summed E-state index contributed by atoms with van der Waals surface area (Å²) in [4.78, 5) is 10.7. The lowest BCUT2D eigenvalue weighted by Gasteiger charge is -2.29. The molecule has 0 unspecified atom stereocenters. The van der Waals surface area contributed by atoms with Crippen LogP contribution in [0.4, 0.5) is 0 Å². The molecule has 0 radical (unpaired) electrons. The zero-order valence-electron chi connectivity index (χ0n) is 11.9. The van der Waals surface area contributed by atoms with Crippen LogP contribution in [0.25, 0.3) is 0 Å². The number of nitrogens with one attached hydrogen (secondary N) is 1. The molecule has 1 fully saturated rings. The zero-order valence-corrected chi connectivity index (χ0v) is 12.8. The fraction of sp³-hybridized carbons (Fsp3) is 0.500. The quantitative estimate of drug-likeness (QED) is 0.861. The number of carboxylic acids is 1. The van der Waals surface area contributed by atoms with E-state index in [-0.39, 0.29) is 12.1 Å². The van der Waals surface area contributed by atoms with Gasteiger partial charge >= 0.3 is 5.97 Å². The summed E-state index contributed by atoms with van der Waals surface area (Å²) in [5, 5.41) is 8.81. The molecule has 116 valence electrons. The average molecular weight is 312 g/mol. The van der Waals surface area contributed by atoms with E-state index < -0.39 is 16.2 Å². The van der Waals surface area contributed by atoms with E-state index in [1.54, 1.807) is 12.1 Å². The molecule has 0 amide bonds. The van der Waals surface area contributed by atoms with Crippen LogP contribution >= 0.6 is 0 Å². The van der Waals surface area contributed by atoms with Gasteiger partial charge in [-0.2, -0.15) is 17.4 Å². The first kappa shape index (κ1) is 15.9. The number of carboxylic acid groups (broad SMARTS) is 1. The van der Waals surface area contributed by atoms with Gasteiger partial charge < -0.3 is 5.11 Å². The maximum Gasteiger partial charge on any atom is 0.335 e. The summed E-state index contributed by atoms with van der Waals surface area (Å²) < 4.78 is 28.4. The van der Waals surface area contributed by atoms with Crippen LogP contribution in [0.15, 0.2) is 24.3 Å². The highest BCUT2D eigenvalue weighted by Gasteiger charge is 2.25. The number of benzene rings is 1. The molecular formula is C14H20N2O4S. The predicted molar refractivity (Wildman–Crippen MR) is 79.1 cm³/mol. The van der Waals surface area contributed by atoms with E-state index in [1.807, 2.05) is 0 Å². The summed E-state index contributed by atoms with van der Waals surface area (Å²) in [5.41, 5.74) is 0.917. The number of aromatic carboxylic acids is 1. The van der Waals surface area contributed by atoms with Crippen molar-refractivity contribution in [3.8, 4) is 0 Å². The molecule has 1 aromatic rings. The van der Waals surface area contributed by atoms with Crippen LogP contribution in [-0.2, 0) is 16.8 Å². The second-order valence-electron chi connectivity index (χ2n) is 5.41.